The number of carbonyl (C=O) groups is 3. The van der Waals surface area contributed by atoms with Gasteiger partial charge in [-0.25, -0.2) is 9.69 Å². The van der Waals surface area contributed by atoms with Crippen molar-refractivity contribution in [2.24, 2.45) is 11.8 Å². The predicted octanol–water partition coefficient (Wildman–Crippen LogP) is 3.38. The van der Waals surface area contributed by atoms with Gasteiger partial charge in [0.05, 0.1) is 17.5 Å². The van der Waals surface area contributed by atoms with Crippen LogP contribution in [0.3, 0.4) is 0 Å². The van der Waals surface area contributed by atoms with Gasteiger partial charge in [-0.2, -0.15) is 0 Å². The summed E-state index contributed by atoms with van der Waals surface area (Å²) in [5, 5.41) is 24.2. The van der Waals surface area contributed by atoms with Gasteiger partial charge in [0, 0.05) is 11.6 Å². The van der Waals surface area contributed by atoms with Crippen LogP contribution in [0.5, 0.6) is 5.75 Å². The highest BCUT2D eigenvalue weighted by Crippen LogP contribution is 2.54. The second-order valence-corrected chi connectivity index (χ2v) is 8.70. The molecule has 2 aliphatic heterocycles. The molecule has 0 saturated carbocycles. The topological polar surface area (TPSA) is 107 Å². The second-order valence-electron chi connectivity index (χ2n) is 8.70. The summed E-state index contributed by atoms with van der Waals surface area (Å²) in [4.78, 5) is 41.6. The summed E-state index contributed by atoms with van der Waals surface area (Å²) >= 11 is 0. The lowest BCUT2D eigenvalue weighted by atomic mass is 9.75. The van der Waals surface area contributed by atoms with Gasteiger partial charge in [-0.05, 0) is 35.7 Å². The largest absolute Gasteiger partial charge is 0.508 e. The number of carboxylic acid groups (broad SMARTS) is 1. The molecule has 5 rings (SSSR count). The van der Waals surface area contributed by atoms with E-state index in [2.05, 4.69) is 5.32 Å². The Kier molecular flexibility index (Phi) is 5.21. The fraction of sp³-hybridized carbons (Fsp3) is 0.222. The Hall–Kier alpha value is -3.97. The molecule has 7 nitrogen and oxygen atoms in total. The molecule has 2 fully saturated rings. The number of carbonyl (C=O) groups excluding carboxylic acids is 2. The van der Waals surface area contributed by atoms with E-state index in [1.165, 1.54) is 6.07 Å². The number of fused-ring (bicyclic) bond motifs is 1. The van der Waals surface area contributed by atoms with E-state index >= 15 is 0 Å². The van der Waals surface area contributed by atoms with E-state index in [4.69, 9.17) is 0 Å². The van der Waals surface area contributed by atoms with Gasteiger partial charge in [0.2, 0.25) is 11.8 Å². The highest BCUT2D eigenvalue weighted by molar-refractivity contribution is 6.24. The summed E-state index contributed by atoms with van der Waals surface area (Å²) in [6.45, 7) is 2.01. The van der Waals surface area contributed by atoms with Crippen molar-refractivity contribution in [1.29, 1.82) is 0 Å². The fourth-order valence-corrected chi connectivity index (χ4v) is 5.35. The molecule has 34 heavy (non-hydrogen) atoms. The lowest BCUT2D eigenvalue weighted by molar-refractivity contribution is -0.149. The number of aliphatic carboxylic acids is 1. The molecular weight excluding hydrogens is 432 g/mol. The first-order valence-electron chi connectivity index (χ1n) is 11.2. The quantitative estimate of drug-likeness (QED) is 0.508. The van der Waals surface area contributed by atoms with Crippen LogP contribution in [-0.4, -0.2) is 28.0 Å². The summed E-state index contributed by atoms with van der Waals surface area (Å²) in [7, 11) is 0. The standard InChI is InChI=1S/C27H24N2O5/c1-2-16-12-14-18(15-13-16)29-24(31)21-22(25(29)32)27(26(33)34,17-8-4-3-5-9-17)28-23(21)19-10-6-7-11-20(19)30/h3-15,21-23,28,30H,2H2,1H3,(H,33,34). The van der Waals surface area contributed by atoms with Crippen LogP contribution in [0.4, 0.5) is 5.69 Å². The summed E-state index contributed by atoms with van der Waals surface area (Å²) in [5.74, 6) is -4.59. The molecule has 3 aromatic carbocycles. The molecule has 2 saturated heterocycles. The van der Waals surface area contributed by atoms with Crippen LogP contribution in [0.1, 0.15) is 29.7 Å². The number of aromatic hydroxyl groups is 1. The smallest absolute Gasteiger partial charge is 0.329 e. The van der Waals surface area contributed by atoms with Crippen LogP contribution in [0.15, 0.2) is 78.9 Å². The third-order valence-corrected chi connectivity index (χ3v) is 7.00. The molecule has 4 atom stereocenters. The van der Waals surface area contributed by atoms with Crippen molar-refractivity contribution in [1.82, 2.24) is 5.32 Å². The zero-order chi connectivity index (χ0) is 24.0. The van der Waals surface area contributed by atoms with Gasteiger partial charge >= 0.3 is 5.97 Å². The van der Waals surface area contributed by atoms with E-state index in [9.17, 15) is 24.6 Å². The Morgan fingerprint density at radius 3 is 2.21 bits per heavy atom. The van der Waals surface area contributed by atoms with Crippen LogP contribution in [0.2, 0.25) is 0 Å². The SMILES string of the molecule is CCc1ccc(N2C(=O)C3C(c4ccccc4O)NC(C(=O)O)(c4ccccc4)C3C2=O)cc1. The van der Waals surface area contributed by atoms with Crippen molar-refractivity contribution in [3.63, 3.8) is 0 Å². The molecule has 3 N–H and O–H groups in total. The minimum atomic E-state index is -1.84. The van der Waals surface area contributed by atoms with Crippen LogP contribution in [0.25, 0.3) is 0 Å². The highest BCUT2D eigenvalue weighted by Gasteiger charge is 2.69. The van der Waals surface area contributed by atoms with E-state index in [1.807, 2.05) is 19.1 Å². The molecule has 2 heterocycles. The Morgan fingerprint density at radius 1 is 0.941 bits per heavy atom. The molecule has 0 spiro atoms. The third kappa shape index (κ3) is 3.04. The first kappa shape index (κ1) is 21.9. The zero-order valence-electron chi connectivity index (χ0n) is 18.5. The van der Waals surface area contributed by atoms with Crippen molar-refractivity contribution in [3.05, 3.63) is 95.6 Å². The molecule has 4 unspecified atom stereocenters. The molecule has 172 valence electrons. The predicted molar refractivity (Wildman–Crippen MR) is 125 cm³/mol. The van der Waals surface area contributed by atoms with E-state index in [0.717, 1.165) is 16.9 Å². The van der Waals surface area contributed by atoms with E-state index in [0.29, 0.717) is 16.8 Å². The Balaban J connectivity index is 1.71. The summed E-state index contributed by atoms with van der Waals surface area (Å²) < 4.78 is 0. The molecule has 3 aromatic rings. The van der Waals surface area contributed by atoms with Crippen LogP contribution < -0.4 is 10.2 Å². The number of amides is 2. The van der Waals surface area contributed by atoms with Gasteiger partial charge in [-0.1, -0.05) is 67.6 Å². The number of imide groups is 1. The normalized spacial score (nSPS) is 26.0. The van der Waals surface area contributed by atoms with Gasteiger partial charge in [0.25, 0.3) is 0 Å². The maximum atomic E-state index is 13.8. The number of rotatable bonds is 5. The number of anilines is 1. The summed E-state index contributed by atoms with van der Waals surface area (Å²) in [6.07, 6.45) is 0.808. The number of phenols is 1. The number of phenolic OH excluding ortho intramolecular Hbond substituents is 1. The number of nitrogens with zero attached hydrogens (tertiary/aromatic N) is 1. The molecule has 2 amide bonds. The van der Waals surface area contributed by atoms with Crippen molar-refractivity contribution in [2.45, 2.75) is 24.9 Å². The van der Waals surface area contributed by atoms with Crippen molar-refractivity contribution >= 4 is 23.5 Å². The minimum absolute atomic E-state index is 0.0704. The number of para-hydroxylation sites is 1. The molecule has 0 aliphatic carbocycles. The molecular formula is C27H24N2O5. The highest BCUT2D eigenvalue weighted by atomic mass is 16.4. The first-order valence-corrected chi connectivity index (χ1v) is 11.2. The maximum absolute atomic E-state index is 13.8. The summed E-state index contributed by atoms with van der Waals surface area (Å²) in [5.41, 5.74) is 0.371. The molecule has 2 aliphatic rings. The fourth-order valence-electron chi connectivity index (χ4n) is 5.35. The number of hydrogen-bond donors (Lipinski definition) is 3. The Labute approximate surface area is 196 Å². The van der Waals surface area contributed by atoms with Gasteiger partial charge in [0.15, 0.2) is 5.54 Å². The monoisotopic (exact) mass is 456 g/mol. The van der Waals surface area contributed by atoms with E-state index < -0.39 is 41.2 Å². The number of nitrogens with one attached hydrogen (secondary N) is 1. The lowest BCUT2D eigenvalue weighted by Crippen LogP contribution is -2.53. The first-order chi connectivity index (χ1) is 16.4. The van der Waals surface area contributed by atoms with Gasteiger partial charge in [-0.3, -0.25) is 14.9 Å². The van der Waals surface area contributed by atoms with Crippen LogP contribution in [0, 0.1) is 11.8 Å². The van der Waals surface area contributed by atoms with Gasteiger partial charge < -0.3 is 10.2 Å². The van der Waals surface area contributed by atoms with Crippen LogP contribution in [-0.2, 0) is 26.3 Å². The second kappa shape index (κ2) is 8.11. The average molecular weight is 456 g/mol. The van der Waals surface area contributed by atoms with Crippen molar-refractivity contribution < 1.29 is 24.6 Å². The molecule has 0 bridgehead atoms. The van der Waals surface area contributed by atoms with Crippen LogP contribution >= 0.6 is 0 Å². The number of carboxylic acids is 1. The average Bonchev–Trinajstić information content (AvgIpc) is 3.34. The lowest BCUT2D eigenvalue weighted by Gasteiger charge is -2.31. The number of aryl methyl sites for hydroxylation is 1. The Morgan fingerprint density at radius 2 is 1.59 bits per heavy atom. The van der Waals surface area contributed by atoms with Crippen molar-refractivity contribution in [3.8, 4) is 5.75 Å². The van der Waals surface area contributed by atoms with E-state index in [-0.39, 0.29) is 5.75 Å². The zero-order valence-corrected chi connectivity index (χ0v) is 18.5. The van der Waals surface area contributed by atoms with Gasteiger partial charge in [-0.15, -0.1) is 0 Å². The van der Waals surface area contributed by atoms with Gasteiger partial charge in [0.1, 0.15) is 5.75 Å². The number of benzene rings is 3. The molecule has 7 heteroatoms. The molecule has 0 aromatic heterocycles. The maximum Gasteiger partial charge on any atom is 0.329 e. The number of hydrogen-bond acceptors (Lipinski definition) is 5. The van der Waals surface area contributed by atoms with E-state index in [1.54, 1.807) is 60.7 Å². The van der Waals surface area contributed by atoms with Crippen molar-refractivity contribution in [2.75, 3.05) is 4.90 Å². The molecule has 0 radical (unpaired) electrons. The summed E-state index contributed by atoms with van der Waals surface area (Å²) in [6, 6.07) is 21.2. The third-order valence-electron chi connectivity index (χ3n) is 7.00. The minimum Gasteiger partial charge on any atom is -0.508 e. The Bertz CT molecular complexity index is 1270.